The smallest absolute Gasteiger partial charge is 0.326 e. The Balaban J connectivity index is 1.19. The summed E-state index contributed by atoms with van der Waals surface area (Å²) < 4.78 is 5.66. The number of aromatic nitrogens is 1. The highest BCUT2D eigenvalue weighted by Gasteiger charge is 2.34. The Morgan fingerprint density at radius 1 is 1.00 bits per heavy atom. The number of imide groups is 2. The van der Waals surface area contributed by atoms with Crippen LogP contribution < -0.4 is 20.7 Å². The number of ether oxygens (including phenoxy) is 1. The highest BCUT2D eigenvalue weighted by molar-refractivity contribution is 6.08. The lowest BCUT2D eigenvalue weighted by molar-refractivity contribution is -0.137. The van der Waals surface area contributed by atoms with Crippen molar-refractivity contribution in [3.05, 3.63) is 83.6 Å². The van der Waals surface area contributed by atoms with Crippen LogP contribution in [0.4, 0.5) is 10.5 Å². The van der Waals surface area contributed by atoms with E-state index in [1.54, 1.807) is 60.8 Å². The Hall–Kier alpha value is -4.57. The molecule has 10 heteroatoms. The summed E-state index contributed by atoms with van der Waals surface area (Å²) in [5.41, 5.74) is 2.70. The molecule has 10 nitrogen and oxygen atoms in total. The predicted molar refractivity (Wildman–Crippen MR) is 129 cm³/mol. The number of nitrogens with zero attached hydrogens (tertiary/aromatic N) is 2. The molecule has 0 aliphatic carbocycles. The van der Waals surface area contributed by atoms with Crippen molar-refractivity contribution in [2.45, 2.75) is 32.0 Å². The largest absolute Gasteiger partial charge is 0.439 e. The number of carbonyl (C=O) groups is 4. The lowest BCUT2D eigenvalue weighted by Gasteiger charge is -2.29. The van der Waals surface area contributed by atoms with Crippen LogP contribution in [0.3, 0.4) is 0 Å². The summed E-state index contributed by atoms with van der Waals surface area (Å²) in [6, 6.07) is 16.2. The summed E-state index contributed by atoms with van der Waals surface area (Å²) in [5.74, 6) is -0.185. The molecule has 3 aromatic rings. The van der Waals surface area contributed by atoms with Crippen LogP contribution >= 0.6 is 0 Å². The van der Waals surface area contributed by atoms with Gasteiger partial charge in [-0.25, -0.2) is 9.78 Å². The van der Waals surface area contributed by atoms with Gasteiger partial charge in [-0.15, -0.1) is 0 Å². The van der Waals surface area contributed by atoms with E-state index >= 15 is 0 Å². The molecule has 3 heterocycles. The molecule has 182 valence electrons. The molecule has 0 radical (unpaired) electrons. The van der Waals surface area contributed by atoms with Crippen molar-refractivity contribution in [2.24, 2.45) is 0 Å². The SMILES string of the molecule is O=C1CCC(N2Cc3ccc(C(=O)NC(=O)Nc4cccc(Oc5ccccn5)c4)cc3C2)C(=O)N1. The number of carbonyl (C=O) groups excluding carboxylic acids is 4. The van der Waals surface area contributed by atoms with Crippen LogP contribution in [0.25, 0.3) is 0 Å². The molecule has 0 bridgehead atoms. The minimum atomic E-state index is -0.680. The molecule has 1 atom stereocenters. The summed E-state index contributed by atoms with van der Waals surface area (Å²) in [4.78, 5) is 54.9. The van der Waals surface area contributed by atoms with Gasteiger partial charge < -0.3 is 10.1 Å². The number of piperidine rings is 1. The molecule has 1 saturated heterocycles. The Bertz CT molecular complexity index is 1340. The molecule has 0 saturated carbocycles. The average molecular weight is 486 g/mol. The third-order valence-corrected chi connectivity index (χ3v) is 6.05. The number of hydrogen-bond donors (Lipinski definition) is 3. The van der Waals surface area contributed by atoms with Crippen LogP contribution in [0.15, 0.2) is 66.9 Å². The topological polar surface area (TPSA) is 130 Å². The van der Waals surface area contributed by atoms with Crippen molar-refractivity contribution in [3.63, 3.8) is 0 Å². The normalized spacial score (nSPS) is 17.2. The summed E-state index contributed by atoms with van der Waals surface area (Å²) >= 11 is 0. The number of pyridine rings is 1. The second-order valence-corrected chi connectivity index (χ2v) is 8.56. The van der Waals surface area contributed by atoms with E-state index in [9.17, 15) is 19.2 Å². The maximum Gasteiger partial charge on any atom is 0.326 e. The first-order valence-electron chi connectivity index (χ1n) is 11.5. The van der Waals surface area contributed by atoms with E-state index in [-0.39, 0.29) is 17.9 Å². The molecule has 1 aromatic heterocycles. The number of urea groups is 1. The van der Waals surface area contributed by atoms with Crippen LogP contribution in [0, 0.1) is 0 Å². The number of fused-ring (bicyclic) bond motifs is 1. The molecule has 3 N–H and O–H groups in total. The summed E-state index contributed by atoms with van der Waals surface area (Å²) in [6.45, 7) is 1.04. The third kappa shape index (κ3) is 5.23. The molecule has 1 fully saturated rings. The van der Waals surface area contributed by atoms with E-state index in [0.29, 0.717) is 48.8 Å². The van der Waals surface area contributed by atoms with Crippen LogP contribution in [-0.2, 0) is 22.7 Å². The number of hydrogen-bond acceptors (Lipinski definition) is 7. The monoisotopic (exact) mass is 485 g/mol. The maximum atomic E-state index is 12.7. The molecule has 2 aromatic carbocycles. The Labute approximate surface area is 206 Å². The lowest BCUT2D eigenvalue weighted by atomic mass is 10.0. The molecule has 36 heavy (non-hydrogen) atoms. The molecule has 1 unspecified atom stereocenters. The summed E-state index contributed by atoms with van der Waals surface area (Å²) in [5, 5.41) is 7.34. The van der Waals surface area contributed by atoms with E-state index in [4.69, 9.17) is 4.74 Å². The molecule has 0 spiro atoms. The van der Waals surface area contributed by atoms with Crippen molar-refractivity contribution < 1.29 is 23.9 Å². The standard InChI is InChI=1S/C26H23N5O5/c32-22-10-9-21(25(34)29-22)31-14-17-8-7-16(12-18(17)15-31)24(33)30-26(35)28-19-4-3-5-20(13-19)36-23-6-1-2-11-27-23/h1-8,11-13,21H,9-10,14-15H2,(H,29,32,34)(H2,28,30,33,35). The van der Waals surface area contributed by atoms with Gasteiger partial charge in [-0.3, -0.25) is 29.9 Å². The van der Waals surface area contributed by atoms with Gasteiger partial charge in [-0.2, -0.15) is 0 Å². The number of benzene rings is 2. The van der Waals surface area contributed by atoms with Crippen LogP contribution in [0.5, 0.6) is 11.6 Å². The zero-order chi connectivity index (χ0) is 25.1. The van der Waals surface area contributed by atoms with Gasteiger partial charge in [-0.1, -0.05) is 18.2 Å². The number of anilines is 1. The van der Waals surface area contributed by atoms with E-state index in [1.165, 1.54) is 0 Å². The fraction of sp³-hybridized carbons (Fsp3) is 0.192. The third-order valence-electron chi connectivity index (χ3n) is 6.05. The highest BCUT2D eigenvalue weighted by atomic mass is 16.5. The zero-order valence-corrected chi connectivity index (χ0v) is 19.2. The van der Waals surface area contributed by atoms with Gasteiger partial charge in [0, 0.05) is 49.1 Å². The average Bonchev–Trinajstić information content (AvgIpc) is 3.28. The Kier molecular flexibility index (Phi) is 6.42. The van der Waals surface area contributed by atoms with Crippen molar-refractivity contribution in [1.29, 1.82) is 0 Å². The summed E-state index contributed by atoms with van der Waals surface area (Å²) in [6.07, 6.45) is 2.40. The van der Waals surface area contributed by atoms with Crippen molar-refractivity contribution in [1.82, 2.24) is 20.5 Å². The first kappa shape index (κ1) is 23.2. The minimum Gasteiger partial charge on any atom is -0.439 e. The van der Waals surface area contributed by atoms with Gasteiger partial charge in [0.2, 0.25) is 17.7 Å². The number of rotatable bonds is 5. The summed E-state index contributed by atoms with van der Waals surface area (Å²) in [7, 11) is 0. The highest BCUT2D eigenvalue weighted by Crippen LogP contribution is 2.28. The first-order chi connectivity index (χ1) is 17.4. The van der Waals surface area contributed by atoms with Gasteiger partial charge in [0.1, 0.15) is 5.75 Å². The fourth-order valence-corrected chi connectivity index (χ4v) is 4.32. The molecule has 5 amide bonds. The maximum absolute atomic E-state index is 12.7. The Morgan fingerprint density at radius 3 is 2.67 bits per heavy atom. The van der Waals surface area contributed by atoms with Crippen molar-refractivity contribution in [2.75, 3.05) is 5.32 Å². The lowest BCUT2D eigenvalue weighted by Crippen LogP contribution is -2.50. The minimum absolute atomic E-state index is 0.252. The van der Waals surface area contributed by atoms with Gasteiger partial charge in [0.15, 0.2) is 0 Å². The number of nitrogens with one attached hydrogen (secondary N) is 3. The first-order valence-corrected chi connectivity index (χ1v) is 11.5. The number of amides is 5. The van der Waals surface area contributed by atoms with E-state index < -0.39 is 11.9 Å². The molecule has 2 aliphatic rings. The predicted octanol–water partition coefficient (Wildman–Crippen LogP) is 2.96. The molecule has 2 aliphatic heterocycles. The van der Waals surface area contributed by atoms with Gasteiger partial charge in [0.25, 0.3) is 5.91 Å². The quantitative estimate of drug-likeness (QED) is 0.474. The van der Waals surface area contributed by atoms with E-state index in [2.05, 4.69) is 20.9 Å². The van der Waals surface area contributed by atoms with Crippen molar-refractivity contribution >= 4 is 29.4 Å². The fourth-order valence-electron chi connectivity index (χ4n) is 4.32. The van der Waals surface area contributed by atoms with E-state index in [0.717, 1.165) is 11.1 Å². The Morgan fingerprint density at radius 2 is 1.86 bits per heavy atom. The second kappa shape index (κ2) is 9.96. The molecule has 5 rings (SSSR count). The van der Waals surface area contributed by atoms with Gasteiger partial charge >= 0.3 is 6.03 Å². The van der Waals surface area contributed by atoms with Gasteiger partial charge in [0.05, 0.1) is 6.04 Å². The van der Waals surface area contributed by atoms with E-state index in [1.807, 2.05) is 11.0 Å². The van der Waals surface area contributed by atoms with Gasteiger partial charge in [-0.05, 0) is 47.9 Å². The van der Waals surface area contributed by atoms with Crippen LogP contribution in [0.1, 0.15) is 34.3 Å². The van der Waals surface area contributed by atoms with Crippen LogP contribution in [0.2, 0.25) is 0 Å². The molecular weight excluding hydrogens is 462 g/mol. The van der Waals surface area contributed by atoms with Crippen molar-refractivity contribution in [3.8, 4) is 11.6 Å². The molecular formula is C26H23N5O5. The van der Waals surface area contributed by atoms with Crippen LogP contribution in [-0.4, -0.2) is 39.7 Å². The zero-order valence-electron chi connectivity index (χ0n) is 19.2. The second-order valence-electron chi connectivity index (χ2n) is 8.56.